The molecule has 0 bridgehead atoms. The van der Waals surface area contributed by atoms with Crippen LogP contribution in [0.25, 0.3) is 11.0 Å². The Labute approximate surface area is 143 Å². The second-order valence-corrected chi connectivity index (χ2v) is 5.99. The van der Waals surface area contributed by atoms with E-state index in [1.54, 1.807) is 7.11 Å². The number of carbonyl (C=O) groups excluding carboxylic acids is 1. The first-order valence-electron chi connectivity index (χ1n) is 8.01. The minimum absolute atomic E-state index is 0.0353. The summed E-state index contributed by atoms with van der Waals surface area (Å²) in [5, 5.41) is 10.5. The number of nitrogens with zero attached hydrogens (tertiary/aromatic N) is 2. The summed E-state index contributed by atoms with van der Waals surface area (Å²) in [6.07, 6.45) is 0.630. The molecule has 1 amide bonds. The van der Waals surface area contributed by atoms with Crippen molar-refractivity contribution in [2.24, 2.45) is 5.92 Å². The summed E-state index contributed by atoms with van der Waals surface area (Å²) in [5.41, 5.74) is 3.30. The average Bonchev–Trinajstić information content (AvgIpc) is 3.13. The molecule has 1 aliphatic heterocycles. The van der Waals surface area contributed by atoms with Gasteiger partial charge in [-0.3, -0.25) is 4.79 Å². The number of benzene rings is 2. The first-order valence-corrected chi connectivity index (χ1v) is 8.01. The zero-order chi connectivity index (χ0) is 17.2. The van der Waals surface area contributed by atoms with Crippen molar-refractivity contribution < 1.29 is 18.9 Å². The number of carbonyl (C=O) groups is 1. The highest BCUT2D eigenvalue weighted by Crippen LogP contribution is 2.30. The number of aromatic nitrogens is 2. The van der Waals surface area contributed by atoms with E-state index >= 15 is 0 Å². The number of hydrogen-bond donors (Lipinski definition) is 1. The van der Waals surface area contributed by atoms with Gasteiger partial charge in [-0.1, -0.05) is 6.07 Å². The zero-order valence-electron chi connectivity index (χ0n) is 13.7. The van der Waals surface area contributed by atoms with Crippen molar-refractivity contribution in [2.75, 3.05) is 13.7 Å². The van der Waals surface area contributed by atoms with Crippen molar-refractivity contribution in [3.8, 4) is 11.5 Å². The molecule has 0 saturated carbocycles. The monoisotopic (exact) mass is 339 g/mol. The van der Waals surface area contributed by atoms with Gasteiger partial charge in [0.1, 0.15) is 29.1 Å². The quantitative estimate of drug-likeness (QED) is 0.783. The lowest BCUT2D eigenvalue weighted by atomic mass is 9.95. The van der Waals surface area contributed by atoms with Gasteiger partial charge < -0.3 is 14.8 Å². The topological polar surface area (TPSA) is 86.5 Å². The molecule has 0 saturated heterocycles. The molecule has 2 aromatic carbocycles. The van der Waals surface area contributed by atoms with E-state index in [1.807, 2.05) is 36.4 Å². The van der Waals surface area contributed by atoms with Crippen LogP contribution < -0.4 is 14.8 Å². The molecular weight excluding hydrogens is 322 g/mol. The van der Waals surface area contributed by atoms with Gasteiger partial charge in [0.05, 0.1) is 13.0 Å². The maximum atomic E-state index is 12.5. The molecule has 0 fully saturated rings. The standard InChI is InChI=1S/C18H17N3O4/c1-23-14-3-5-17-12(8-14)7-13(10-24-17)18(22)19-9-11-2-4-15-16(6-11)21-25-20-15/h2-6,8,13H,7,9-10H2,1H3,(H,19,22)/t13-/m0/s1. The second kappa shape index (κ2) is 6.43. The maximum Gasteiger partial charge on any atom is 0.227 e. The van der Waals surface area contributed by atoms with Crippen LogP contribution in [0, 0.1) is 5.92 Å². The number of nitrogens with one attached hydrogen (secondary N) is 1. The molecule has 2 heterocycles. The average molecular weight is 339 g/mol. The highest BCUT2D eigenvalue weighted by Gasteiger charge is 2.26. The van der Waals surface area contributed by atoms with Gasteiger partial charge in [0.25, 0.3) is 0 Å². The van der Waals surface area contributed by atoms with Crippen LogP contribution in [0.2, 0.25) is 0 Å². The molecule has 1 aromatic heterocycles. The lowest BCUT2D eigenvalue weighted by molar-refractivity contribution is -0.126. The number of methoxy groups -OCH3 is 1. The summed E-state index contributed by atoms with van der Waals surface area (Å²) in [4.78, 5) is 12.5. The summed E-state index contributed by atoms with van der Waals surface area (Å²) in [5.74, 6) is 1.32. The summed E-state index contributed by atoms with van der Waals surface area (Å²) in [6.45, 7) is 0.792. The molecule has 0 spiro atoms. The van der Waals surface area contributed by atoms with Gasteiger partial charge in [0.2, 0.25) is 5.91 Å². The van der Waals surface area contributed by atoms with Gasteiger partial charge in [-0.25, -0.2) is 4.63 Å². The first-order chi connectivity index (χ1) is 12.2. The largest absolute Gasteiger partial charge is 0.497 e. The third-order valence-electron chi connectivity index (χ3n) is 4.33. The third kappa shape index (κ3) is 3.13. The molecule has 7 nitrogen and oxygen atoms in total. The van der Waals surface area contributed by atoms with Gasteiger partial charge in [0, 0.05) is 6.54 Å². The summed E-state index contributed by atoms with van der Waals surface area (Å²) < 4.78 is 15.6. The van der Waals surface area contributed by atoms with E-state index in [4.69, 9.17) is 9.47 Å². The van der Waals surface area contributed by atoms with Crippen LogP contribution in [0.5, 0.6) is 11.5 Å². The Hall–Kier alpha value is -3.09. The second-order valence-electron chi connectivity index (χ2n) is 5.99. The fourth-order valence-electron chi connectivity index (χ4n) is 2.94. The molecule has 3 aromatic rings. The van der Waals surface area contributed by atoms with E-state index in [9.17, 15) is 4.79 Å². The van der Waals surface area contributed by atoms with E-state index in [-0.39, 0.29) is 11.8 Å². The minimum Gasteiger partial charge on any atom is -0.497 e. The molecule has 128 valence electrons. The van der Waals surface area contributed by atoms with Gasteiger partial charge in [-0.05, 0) is 58.2 Å². The lowest BCUT2D eigenvalue weighted by Crippen LogP contribution is -2.37. The summed E-state index contributed by atoms with van der Waals surface area (Å²) in [6, 6.07) is 11.2. The van der Waals surface area contributed by atoms with Crippen molar-refractivity contribution in [3.05, 3.63) is 47.5 Å². The Morgan fingerprint density at radius 2 is 2.12 bits per heavy atom. The van der Waals surface area contributed by atoms with E-state index in [0.29, 0.717) is 30.6 Å². The van der Waals surface area contributed by atoms with Crippen LogP contribution >= 0.6 is 0 Å². The number of hydrogen-bond acceptors (Lipinski definition) is 6. The Bertz CT molecular complexity index is 922. The smallest absolute Gasteiger partial charge is 0.227 e. The van der Waals surface area contributed by atoms with Gasteiger partial charge in [-0.2, -0.15) is 0 Å². The SMILES string of the molecule is COc1ccc2c(c1)C[C@H](C(=O)NCc1ccc3nonc3c1)CO2. The predicted octanol–water partition coefficient (Wildman–Crippen LogP) is 2.10. The van der Waals surface area contributed by atoms with Crippen LogP contribution in [0.4, 0.5) is 0 Å². The van der Waals surface area contributed by atoms with Crippen LogP contribution in [-0.2, 0) is 17.8 Å². The van der Waals surface area contributed by atoms with Crippen LogP contribution in [0.3, 0.4) is 0 Å². The molecule has 0 unspecified atom stereocenters. The highest BCUT2D eigenvalue weighted by atomic mass is 16.6. The fraction of sp³-hybridized carbons (Fsp3) is 0.278. The Morgan fingerprint density at radius 1 is 1.24 bits per heavy atom. The van der Waals surface area contributed by atoms with Gasteiger partial charge in [-0.15, -0.1) is 0 Å². The molecule has 0 radical (unpaired) electrons. The highest BCUT2D eigenvalue weighted by molar-refractivity contribution is 5.80. The Kier molecular flexibility index (Phi) is 3.97. The van der Waals surface area contributed by atoms with E-state index in [1.165, 1.54) is 0 Å². The van der Waals surface area contributed by atoms with E-state index < -0.39 is 0 Å². The lowest BCUT2D eigenvalue weighted by Gasteiger charge is -2.25. The minimum atomic E-state index is -0.225. The van der Waals surface area contributed by atoms with E-state index in [0.717, 1.165) is 22.6 Å². The Balaban J connectivity index is 1.41. The third-order valence-corrected chi connectivity index (χ3v) is 4.33. The first kappa shape index (κ1) is 15.4. The summed E-state index contributed by atoms with van der Waals surface area (Å²) >= 11 is 0. The number of rotatable bonds is 4. The van der Waals surface area contributed by atoms with Gasteiger partial charge >= 0.3 is 0 Å². The van der Waals surface area contributed by atoms with Crippen molar-refractivity contribution in [1.82, 2.24) is 15.6 Å². The van der Waals surface area contributed by atoms with Crippen molar-refractivity contribution in [3.63, 3.8) is 0 Å². The molecular formula is C18H17N3O4. The van der Waals surface area contributed by atoms with Crippen molar-refractivity contribution >= 4 is 16.9 Å². The maximum absolute atomic E-state index is 12.5. The van der Waals surface area contributed by atoms with Gasteiger partial charge in [0.15, 0.2) is 0 Å². The Morgan fingerprint density at radius 3 is 3.00 bits per heavy atom. The molecule has 1 aliphatic rings. The number of amides is 1. The van der Waals surface area contributed by atoms with E-state index in [2.05, 4.69) is 20.3 Å². The molecule has 0 aliphatic carbocycles. The number of fused-ring (bicyclic) bond motifs is 2. The molecule has 1 atom stereocenters. The number of ether oxygens (including phenoxy) is 2. The molecule has 1 N–H and O–H groups in total. The predicted molar refractivity (Wildman–Crippen MR) is 89.3 cm³/mol. The summed E-state index contributed by atoms with van der Waals surface area (Å²) in [7, 11) is 1.62. The molecule has 4 rings (SSSR count). The molecule has 7 heteroatoms. The normalized spacial score (nSPS) is 16.1. The van der Waals surface area contributed by atoms with Crippen LogP contribution in [0.15, 0.2) is 41.0 Å². The van der Waals surface area contributed by atoms with Crippen molar-refractivity contribution in [1.29, 1.82) is 0 Å². The molecule has 25 heavy (non-hydrogen) atoms. The van der Waals surface area contributed by atoms with Crippen molar-refractivity contribution in [2.45, 2.75) is 13.0 Å². The van der Waals surface area contributed by atoms with Crippen LogP contribution in [0.1, 0.15) is 11.1 Å². The zero-order valence-corrected chi connectivity index (χ0v) is 13.7. The fourth-order valence-corrected chi connectivity index (χ4v) is 2.94. The van der Waals surface area contributed by atoms with Crippen LogP contribution in [-0.4, -0.2) is 29.9 Å².